The molecule has 0 radical (unpaired) electrons. The van der Waals surface area contributed by atoms with Crippen LogP contribution in [0.1, 0.15) is 38.8 Å². The van der Waals surface area contributed by atoms with Crippen LogP contribution in [-0.4, -0.2) is 46.8 Å². The number of anilines is 2. The molecule has 164 valence electrons. The number of aromatic nitrogens is 3. The molecule has 1 aliphatic rings. The van der Waals surface area contributed by atoms with Crippen LogP contribution in [0, 0.1) is 6.92 Å². The van der Waals surface area contributed by atoms with Crippen molar-refractivity contribution >= 4 is 23.2 Å². The minimum atomic E-state index is -0.487. The second-order valence-corrected chi connectivity index (χ2v) is 7.88. The minimum absolute atomic E-state index is 0.137. The summed E-state index contributed by atoms with van der Waals surface area (Å²) in [5.74, 6) is 1.47. The zero-order valence-corrected chi connectivity index (χ0v) is 18.5. The molecule has 4 rings (SSSR count). The fraction of sp³-hybridized carbons (Fsp3) is 0.435. The van der Waals surface area contributed by atoms with E-state index in [2.05, 4.69) is 26.5 Å². The fourth-order valence-electron chi connectivity index (χ4n) is 3.85. The molecule has 8 nitrogen and oxygen atoms in total. The van der Waals surface area contributed by atoms with Crippen molar-refractivity contribution in [3.8, 4) is 17.0 Å². The normalized spacial score (nSPS) is 14.3. The Labute approximate surface area is 182 Å². The monoisotopic (exact) mass is 423 g/mol. The zero-order valence-electron chi connectivity index (χ0n) is 18.5. The lowest BCUT2D eigenvalue weighted by Gasteiger charge is -2.31. The first-order valence-electron chi connectivity index (χ1n) is 10.8. The Morgan fingerprint density at radius 1 is 1.32 bits per heavy atom. The smallest absolute Gasteiger partial charge is 0.412 e. The molecule has 8 heteroatoms. The molecule has 1 aromatic carbocycles. The molecule has 3 aromatic rings. The average Bonchev–Trinajstić information content (AvgIpc) is 3.07. The summed E-state index contributed by atoms with van der Waals surface area (Å²) < 4.78 is 13.1. The van der Waals surface area contributed by atoms with Gasteiger partial charge in [0.05, 0.1) is 24.0 Å². The van der Waals surface area contributed by atoms with E-state index in [1.165, 1.54) is 6.42 Å². The number of fused-ring (bicyclic) bond motifs is 1. The summed E-state index contributed by atoms with van der Waals surface area (Å²) >= 11 is 0. The Morgan fingerprint density at radius 3 is 2.81 bits per heavy atom. The van der Waals surface area contributed by atoms with E-state index in [4.69, 9.17) is 14.5 Å². The highest BCUT2D eigenvalue weighted by molar-refractivity contribution is 5.89. The van der Waals surface area contributed by atoms with Crippen LogP contribution in [0.2, 0.25) is 0 Å². The number of hydrogen-bond donors (Lipinski definition) is 1. The van der Waals surface area contributed by atoms with Crippen molar-refractivity contribution in [2.45, 2.75) is 46.1 Å². The third-order valence-electron chi connectivity index (χ3n) is 5.57. The highest BCUT2D eigenvalue weighted by Crippen LogP contribution is 2.35. The lowest BCUT2D eigenvalue weighted by atomic mass is 10.1. The second kappa shape index (κ2) is 8.83. The van der Waals surface area contributed by atoms with Crippen molar-refractivity contribution in [2.24, 2.45) is 0 Å². The van der Waals surface area contributed by atoms with Gasteiger partial charge in [-0.15, -0.1) is 0 Å². The highest BCUT2D eigenvalue weighted by Gasteiger charge is 2.24. The number of ether oxygens (including phenoxy) is 2. The quantitative estimate of drug-likeness (QED) is 0.595. The topological polar surface area (TPSA) is 81.0 Å². The van der Waals surface area contributed by atoms with Gasteiger partial charge in [-0.1, -0.05) is 19.4 Å². The number of aryl methyl sites for hydroxylation is 1. The second-order valence-electron chi connectivity index (χ2n) is 7.88. The van der Waals surface area contributed by atoms with Crippen molar-refractivity contribution in [2.75, 3.05) is 30.4 Å². The highest BCUT2D eigenvalue weighted by atomic mass is 16.6. The molecule has 1 amide bonds. The molecule has 0 bridgehead atoms. The van der Waals surface area contributed by atoms with E-state index < -0.39 is 6.09 Å². The molecule has 1 N–H and O–H groups in total. The van der Waals surface area contributed by atoms with Crippen LogP contribution in [-0.2, 0) is 4.74 Å². The first-order chi connectivity index (χ1) is 15.0. The van der Waals surface area contributed by atoms with Gasteiger partial charge in [0.1, 0.15) is 17.5 Å². The summed E-state index contributed by atoms with van der Waals surface area (Å²) in [5, 5.41) is 2.79. The van der Waals surface area contributed by atoms with Gasteiger partial charge in [0.2, 0.25) is 5.95 Å². The van der Waals surface area contributed by atoms with Gasteiger partial charge in [-0.3, -0.25) is 14.7 Å². The van der Waals surface area contributed by atoms with E-state index in [1.54, 1.807) is 13.3 Å². The first kappa shape index (κ1) is 21.0. The van der Waals surface area contributed by atoms with Crippen molar-refractivity contribution in [3.05, 3.63) is 36.3 Å². The largest absolute Gasteiger partial charge is 0.495 e. The Hall–Kier alpha value is -3.29. The molecule has 1 fully saturated rings. The van der Waals surface area contributed by atoms with E-state index in [0.717, 1.165) is 54.3 Å². The number of rotatable bonds is 7. The number of nitrogens with one attached hydrogen (secondary N) is 1. The first-order valence-corrected chi connectivity index (χ1v) is 10.8. The predicted octanol–water partition coefficient (Wildman–Crippen LogP) is 4.66. The molecule has 2 aromatic heterocycles. The Morgan fingerprint density at radius 2 is 2.13 bits per heavy atom. The van der Waals surface area contributed by atoms with Gasteiger partial charge in [-0.25, -0.2) is 9.78 Å². The maximum Gasteiger partial charge on any atom is 0.412 e. The summed E-state index contributed by atoms with van der Waals surface area (Å²) in [6.07, 6.45) is 6.09. The fourth-order valence-corrected chi connectivity index (χ4v) is 3.85. The lowest BCUT2D eigenvalue weighted by molar-refractivity contribution is 0.115. The van der Waals surface area contributed by atoms with E-state index in [0.29, 0.717) is 11.4 Å². The maximum absolute atomic E-state index is 12.2. The molecule has 1 atom stereocenters. The number of imidazole rings is 1. The summed E-state index contributed by atoms with van der Waals surface area (Å²) in [4.78, 5) is 23.9. The van der Waals surface area contributed by atoms with Gasteiger partial charge in [0.25, 0.3) is 0 Å². The van der Waals surface area contributed by atoms with Crippen LogP contribution in [0.4, 0.5) is 16.4 Å². The van der Waals surface area contributed by atoms with Crippen LogP contribution in [0.5, 0.6) is 5.75 Å². The molecule has 1 saturated heterocycles. The van der Waals surface area contributed by atoms with Gasteiger partial charge in [0, 0.05) is 31.0 Å². The van der Waals surface area contributed by atoms with Crippen LogP contribution >= 0.6 is 0 Å². The van der Waals surface area contributed by atoms with Crippen LogP contribution in [0.15, 0.2) is 30.6 Å². The molecule has 0 saturated carbocycles. The number of carbonyl (C=O) groups excluding carboxylic acids is 1. The van der Waals surface area contributed by atoms with Crippen molar-refractivity contribution in [1.29, 1.82) is 0 Å². The van der Waals surface area contributed by atoms with Crippen LogP contribution in [0.25, 0.3) is 16.8 Å². The number of amides is 1. The van der Waals surface area contributed by atoms with Crippen molar-refractivity contribution in [1.82, 2.24) is 14.4 Å². The average molecular weight is 424 g/mol. The molecular formula is C23H29N5O3. The Bertz CT molecular complexity index is 1090. The number of hydrogen-bond acceptors (Lipinski definition) is 6. The summed E-state index contributed by atoms with van der Waals surface area (Å²) in [5.41, 5.74) is 4.18. The molecular weight excluding hydrogens is 394 g/mol. The zero-order chi connectivity index (χ0) is 22.0. The lowest BCUT2D eigenvalue weighted by Crippen LogP contribution is -2.38. The summed E-state index contributed by atoms with van der Waals surface area (Å²) in [6.45, 7) is 7.94. The van der Waals surface area contributed by atoms with Gasteiger partial charge < -0.3 is 14.4 Å². The molecule has 1 unspecified atom stereocenters. The van der Waals surface area contributed by atoms with Gasteiger partial charge in [-0.05, 0) is 38.8 Å². The molecule has 0 spiro atoms. The summed E-state index contributed by atoms with van der Waals surface area (Å²) in [7, 11) is 1.58. The number of benzene rings is 1. The number of carbonyl (C=O) groups is 1. The maximum atomic E-state index is 12.2. The van der Waals surface area contributed by atoms with Crippen molar-refractivity contribution < 1.29 is 14.3 Å². The Balaban J connectivity index is 1.67. The Kier molecular flexibility index (Phi) is 5.97. The van der Waals surface area contributed by atoms with Gasteiger partial charge >= 0.3 is 6.09 Å². The SMILES string of the molecule is CCCC(C)OC(=O)Nc1ccc(-c2nc(N3CCC3)n3ccnc(C)c23)cc1OC. The molecule has 3 heterocycles. The van der Waals surface area contributed by atoms with E-state index in [-0.39, 0.29) is 6.10 Å². The number of nitrogens with zero attached hydrogens (tertiary/aromatic N) is 4. The van der Waals surface area contributed by atoms with E-state index in [1.807, 2.05) is 38.2 Å². The van der Waals surface area contributed by atoms with Crippen molar-refractivity contribution in [3.63, 3.8) is 0 Å². The number of methoxy groups -OCH3 is 1. The van der Waals surface area contributed by atoms with Crippen LogP contribution < -0.4 is 15.0 Å². The predicted molar refractivity (Wildman–Crippen MR) is 121 cm³/mol. The molecule has 0 aliphatic carbocycles. The van der Waals surface area contributed by atoms with Gasteiger partial charge in [0.15, 0.2) is 0 Å². The standard InChI is InChI=1S/C23H29N5O3/c1-5-7-15(2)31-23(29)25-18-9-8-17(14-19(18)30-4)20-21-16(3)24-10-13-28(21)22(26-20)27-11-6-12-27/h8-10,13-15H,5-7,11-12H2,1-4H3,(H,25,29). The van der Waals surface area contributed by atoms with E-state index >= 15 is 0 Å². The third-order valence-corrected chi connectivity index (χ3v) is 5.57. The van der Waals surface area contributed by atoms with Crippen LogP contribution in [0.3, 0.4) is 0 Å². The van der Waals surface area contributed by atoms with E-state index in [9.17, 15) is 4.79 Å². The summed E-state index contributed by atoms with van der Waals surface area (Å²) in [6, 6.07) is 5.64. The molecule has 31 heavy (non-hydrogen) atoms. The molecule has 1 aliphatic heterocycles. The third kappa shape index (κ3) is 4.15. The van der Waals surface area contributed by atoms with Gasteiger partial charge in [-0.2, -0.15) is 0 Å². The minimum Gasteiger partial charge on any atom is -0.495 e.